The lowest BCUT2D eigenvalue weighted by atomic mass is 10.1. The summed E-state index contributed by atoms with van der Waals surface area (Å²) in [5.41, 5.74) is 2.08. The van der Waals surface area contributed by atoms with E-state index < -0.39 is 0 Å². The zero-order valence-electron chi connectivity index (χ0n) is 12.9. The minimum atomic E-state index is -0.298. The molecular formula is C15H23N3O3. The van der Waals surface area contributed by atoms with Crippen LogP contribution in [0.1, 0.15) is 29.8 Å². The summed E-state index contributed by atoms with van der Waals surface area (Å²) >= 11 is 0. The molecule has 0 saturated heterocycles. The molecule has 1 unspecified atom stereocenters. The molecule has 6 heteroatoms. The summed E-state index contributed by atoms with van der Waals surface area (Å²) in [5.74, 6) is -0.120. The van der Waals surface area contributed by atoms with E-state index in [1.807, 2.05) is 20.8 Å². The van der Waals surface area contributed by atoms with E-state index in [1.165, 1.54) is 0 Å². The predicted molar refractivity (Wildman–Crippen MR) is 82.7 cm³/mol. The van der Waals surface area contributed by atoms with Crippen molar-refractivity contribution in [3.63, 3.8) is 0 Å². The Morgan fingerprint density at radius 1 is 1.33 bits per heavy atom. The minimum absolute atomic E-state index is 0.0788. The maximum atomic E-state index is 11.8. The first kappa shape index (κ1) is 17.0. The zero-order valence-corrected chi connectivity index (χ0v) is 12.9. The van der Waals surface area contributed by atoms with Crippen LogP contribution < -0.4 is 16.0 Å². The number of anilines is 1. The second kappa shape index (κ2) is 8.26. The monoisotopic (exact) mass is 293 g/mol. The summed E-state index contributed by atoms with van der Waals surface area (Å²) in [6, 6.07) is 4.78. The SMILES string of the molecule is CCNC(=O)c1ccc(NC(=O)NC(C)COC)c(C)c1. The fourth-order valence-corrected chi connectivity index (χ4v) is 1.88. The molecule has 3 amide bonds. The van der Waals surface area contributed by atoms with E-state index in [0.29, 0.717) is 24.4 Å². The molecule has 116 valence electrons. The van der Waals surface area contributed by atoms with E-state index >= 15 is 0 Å². The van der Waals surface area contributed by atoms with E-state index in [-0.39, 0.29) is 18.0 Å². The topological polar surface area (TPSA) is 79.5 Å². The number of carbonyl (C=O) groups is 2. The lowest BCUT2D eigenvalue weighted by Gasteiger charge is -2.15. The molecule has 3 N–H and O–H groups in total. The van der Waals surface area contributed by atoms with Crippen LogP contribution in [0.3, 0.4) is 0 Å². The van der Waals surface area contributed by atoms with Gasteiger partial charge < -0.3 is 20.7 Å². The van der Waals surface area contributed by atoms with Gasteiger partial charge in [0.25, 0.3) is 5.91 Å². The number of urea groups is 1. The molecule has 0 aliphatic carbocycles. The molecule has 0 bridgehead atoms. The first-order valence-electron chi connectivity index (χ1n) is 6.93. The van der Waals surface area contributed by atoms with E-state index in [4.69, 9.17) is 4.74 Å². The van der Waals surface area contributed by atoms with Crippen LogP contribution in [0.4, 0.5) is 10.5 Å². The van der Waals surface area contributed by atoms with Gasteiger partial charge in [0, 0.05) is 24.9 Å². The van der Waals surface area contributed by atoms with Crippen molar-refractivity contribution in [3.05, 3.63) is 29.3 Å². The lowest BCUT2D eigenvalue weighted by Crippen LogP contribution is -2.38. The first-order valence-corrected chi connectivity index (χ1v) is 6.93. The highest BCUT2D eigenvalue weighted by atomic mass is 16.5. The second-order valence-corrected chi connectivity index (χ2v) is 4.84. The summed E-state index contributed by atoms with van der Waals surface area (Å²) in [6.07, 6.45) is 0. The van der Waals surface area contributed by atoms with Gasteiger partial charge in [0.2, 0.25) is 0 Å². The number of carbonyl (C=O) groups excluding carboxylic acids is 2. The smallest absolute Gasteiger partial charge is 0.319 e. The van der Waals surface area contributed by atoms with E-state index in [1.54, 1.807) is 25.3 Å². The van der Waals surface area contributed by atoms with E-state index in [0.717, 1.165) is 5.56 Å². The zero-order chi connectivity index (χ0) is 15.8. The standard InChI is InChI=1S/C15H23N3O3/c1-5-16-14(19)12-6-7-13(10(2)8-12)18-15(20)17-11(3)9-21-4/h6-8,11H,5,9H2,1-4H3,(H,16,19)(H2,17,18,20). The third-order valence-electron chi connectivity index (χ3n) is 2.87. The van der Waals surface area contributed by atoms with Gasteiger partial charge in [-0.25, -0.2) is 4.79 Å². The summed E-state index contributed by atoms with van der Waals surface area (Å²) in [6.45, 7) is 6.59. The molecule has 1 aromatic rings. The van der Waals surface area contributed by atoms with Crippen LogP contribution in [0, 0.1) is 6.92 Å². The molecule has 0 heterocycles. The fraction of sp³-hybridized carbons (Fsp3) is 0.467. The van der Waals surface area contributed by atoms with Gasteiger partial charge in [0.05, 0.1) is 12.6 Å². The van der Waals surface area contributed by atoms with Crippen LogP contribution in [-0.4, -0.2) is 38.2 Å². The highest BCUT2D eigenvalue weighted by molar-refractivity contribution is 5.96. The number of nitrogens with one attached hydrogen (secondary N) is 3. The molecule has 0 aliphatic heterocycles. The van der Waals surface area contributed by atoms with Crippen molar-refractivity contribution in [1.29, 1.82) is 0 Å². The molecule has 21 heavy (non-hydrogen) atoms. The van der Waals surface area contributed by atoms with Crippen LogP contribution in [-0.2, 0) is 4.74 Å². The second-order valence-electron chi connectivity index (χ2n) is 4.84. The molecule has 0 aliphatic rings. The highest BCUT2D eigenvalue weighted by Crippen LogP contribution is 2.16. The van der Waals surface area contributed by atoms with Crippen molar-refractivity contribution in [2.45, 2.75) is 26.8 Å². The number of amides is 3. The Bertz CT molecular complexity index is 503. The van der Waals surface area contributed by atoms with Crippen LogP contribution in [0.2, 0.25) is 0 Å². The van der Waals surface area contributed by atoms with Crippen molar-refractivity contribution in [2.24, 2.45) is 0 Å². The highest BCUT2D eigenvalue weighted by Gasteiger charge is 2.10. The quantitative estimate of drug-likeness (QED) is 0.749. The van der Waals surface area contributed by atoms with Gasteiger partial charge in [-0.3, -0.25) is 4.79 Å². The van der Waals surface area contributed by atoms with E-state index in [2.05, 4.69) is 16.0 Å². The summed E-state index contributed by atoms with van der Waals surface area (Å²) in [4.78, 5) is 23.5. The third-order valence-corrected chi connectivity index (χ3v) is 2.87. The number of aryl methyl sites for hydroxylation is 1. The van der Waals surface area contributed by atoms with Crippen molar-refractivity contribution in [2.75, 3.05) is 25.6 Å². The van der Waals surface area contributed by atoms with Crippen molar-refractivity contribution < 1.29 is 14.3 Å². The van der Waals surface area contributed by atoms with Gasteiger partial charge in [-0.15, -0.1) is 0 Å². The number of hydrogen-bond donors (Lipinski definition) is 3. The molecule has 1 atom stereocenters. The maximum absolute atomic E-state index is 11.8. The molecule has 0 radical (unpaired) electrons. The molecule has 1 aromatic carbocycles. The number of hydrogen-bond acceptors (Lipinski definition) is 3. The van der Waals surface area contributed by atoms with Crippen molar-refractivity contribution in [1.82, 2.24) is 10.6 Å². The molecule has 0 fully saturated rings. The lowest BCUT2D eigenvalue weighted by molar-refractivity contribution is 0.0955. The van der Waals surface area contributed by atoms with Gasteiger partial charge in [0.15, 0.2) is 0 Å². The summed E-state index contributed by atoms with van der Waals surface area (Å²) < 4.78 is 4.96. The van der Waals surface area contributed by atoms with Crippen molar-refractivity contribution >= 4 is 17.6 Å². The molecule has 0 spiro atoms. The Morgan fingerprint density at radius 2 is 2.05 bits per heavy atom. The first-order chi connectivity index (χ1) is 9.97. The van der Waals surface area contributed by atoms with Crippen LogP contribution in [0.25, 0.3) is 0 Å². The molecule has 0 aromatic heterocycles. The summed E-state index contributed by atoms with van der Waals surface area (Å²) in [7, 11) is 1.58. The van der Waals surface area contributed by atoms with Crippen LogP contribution in [0.5, 0.6) is 0 Å². The maximum Gasteiger partial charge on any atom is 0.319 e. The van der Waals surface area contributed by atoms with Crippen LogP contribution >= 0.6 is 0 Å². The fourth-order valence-electron chi connectivity index (χ4n) is 1.88. The average molecular weight is 293 g/mol. The Morgan fingerprint density at radius 3 is 2.62 bits per heavy atom. The van der Waals surface area contributed by atoms with Gasteiger partial charge in [-0.2, -0.15) is 0 Å². The largest absolute Gasteiger partial charge is 0.383 e. The predicted octanol–water partition coefficient (Wildman–Crippen LogP) is 1.90. The number of ether oxygens (including phenoxy) is 1. The molecule has 1 rings (SSSR count). The normalized spacial score (nSPS) is 11.6. The Balaban J connectivity index is 2.68. The molecule has 6 nitrogen and oxygen atoms in total. The number of benzene rings is 1. The van der Waals surface area contributed by atoms with Crippen LogP contribution in [0.15, 0.2) is 18.2 Å². The summed E-state index contributed by atoms with van der Waals surface area (Å²) in [5, 5.41) is 8.26. The minimum Gasteiger partial charge on any atom is -0.383 e. The number of methoxy groups -OCH3 is 1. The Labute approximate surface area is 125 Å². The molecular weight excluding hydrogens is 270 g/mol. The van der Waals surface area contributed by atoms with Crippen molar-refractivity contribution in [3.8, 4) is 0 Å². The third kappa shape index (κ3) is 5.43. The van der Waals surface area contributed by atoms with Gasteiger partial charge >= 0.3 is 6.03 Å². The van der Waals surface area contributed by atoms with Gasteiger partial charge in [-0.1, -0.05) is 0 Å². The molecule has 0 saturated carbocycles. The number of rotatable bonds is 6. The van der Waals surface area contributed by atoms with Gasteiger partial charge in [-0.05, 0) is 44.5 Å². The van der Waals surface area contributed by atoms with E-state index in [9.17, 15) is 9.59 Å². The average Bonchev–Trinajstić information content (AvgIpc) is 2.41. The Kier molecular flexibility index (Phi) is 6.68. The van der Waals surface area contributed by atoms with Gasteiger partial charge in [0.1, 0.15) is 0 Å². The Hall–Kier alpha value is -2.08.